The Hall–Kier alpha value is -4.43. The maximum Gasteiger partial charge on any atom is 0.264 e. The van der Waals surface area contributed by atoms with Gasteiger partial charge in [-0.05, 0) is 62.1 Å². The van der Waals surface area contributed by atoms with Crippen LogP contribution in [0.25, 0.3) is 0 Å². The molecular weight excluding hydrogens is 582 g/mol. The minimum absolute atomic E-state index is 0.0853. The van der Waals surface area contributed by atoms with Gasteiger partial charge in [0.1, 0.15) is 12.6 Å². The normalized spacial score (nSPS) is 12.0. The number of sulfonamides is 1. The van der Waals surface area contributed by atoms with Gasteiger partial charge in [-0.15, -0.1) is 0 Å². The van der Waals surface area contributed by atoms with Crippen LogP contribution in [0.5, 0.6) is 0 Å². The van der Waals surface area contributed by atoms with Crippen molar-refractivity contribution in [2.45, 2.75) is 58.5 Å². The average Bonchev–Trinajstić information content (AvgIpc) is 3.02. The van der Waals surface area contributed by atoms with Gasteiger partial charge in [-0.25, -0.2) is 8.42 Å². The Morgan fingerprint density at radius 2 is 1.24 bits per heavy atom. The van der Waals surface area contributed by atoms with Crippen molar-refractivity contribution in [2.24, 2.45) is 5.92 Å². The van der Waals surface area contributed by atoms with E-state index in [9.17, 15) is 18.0 Å². The van der Waals surface area contributed by atoms with E-state index in [1.807, 2.05) is 101 Å². The zero-order chi connectivity index (χ0) is 32.6. The van der Waals surface area contributed by atoms with Crippen molar-refractivity contribution < 1.29 is 18.0 Å². The van der Waals surface area contributed by atoms with Crippen LogP contribution in [0.15, 0.2) is 108 Å². The molecule has 0 fully saturated rings. The summed E-state index contributed by atoms with van der Waals surface area (Å²) in [6.45, 7) is 9.92. The largest absolute Gasteiger partial charge is 0.354 e. The first-order valence-corrected chi connectivity index (χ1v) is 16.7. The SMILES string of the molecule is Cc1ccc(CN(C(=O)CN(c2ccc(C)cc2)S(=O)(=O)c2ccc(C)cc2)C(Cc2ccccc2)C(=O)NCC(C)C)cc1. The van der Waals surface area contributed by atoms with E-state index in [0.717, 1.165) is 32.1 Å². The third kappa shape index (κ3) is 9.05. The lowest BCUT2D eigenvalue weighted by atomic mass is 10.0. The number of carbonyl (C=O) groups excluding carboxylic acids is 2. The van der Waals surface area contributed by atoms with Crippen molar-refractivity contribution in [3.8, 4) is 0 Å². The van der Waals surface area contributed by atoms with Crippen LogP contribution in [0.1, 0.15) is 41.7 Å². The molecule has 236 valence electrons. The summed E-state index contributed by atoms with van der Waals surface area (Å²) in [4.78, 5) is 30.0. The zero-order valence-corrected chi connectivity index (χ0v) is 27.6. The highest BCUT2D eigenvalue weighted by Crippen LogP contribution is 2.26. The van der Waals surface area contributed by atoms with E-state index < -0.39 is 28.5 Å². The Labute approximate surface area is 268 Å². The van der Waals surface area contributed by atoms with Crippen LogP contribution in [0, 0.1) is 26.7 Å². The van der Waals surface area contributed by atoms with Gasteiger partial charge in [-0.2, -0.15) is 0 Å². The lowest BCUT2D eigenvalue weighted by molar-refractivity contribution is -0.140. The molecule has 0 aliphatic carbocycles. The molecule has 0 saturated heterocycles. The fourth-order valence-electron chi connectivity index (χ4n) is 4.94. The van der Waals surface area contributed by atoms with Crippen molar-refractivity contribution in [2.75, 3.05) is 17.4 Å². The molecule has 4 rings (SSSR count). The number of hydrogen-bond donors (Lipinski definition) is 1. The number of nitrogens with one attached hydrogen (secondary N) is 1. The fraction of sp³-hybridized carbons (Fsp3) is 0.297. The Bertz CT molecular complexity index is 1670. The number of nitrogens with zero attached hydrogens (tertiary/aromatic N) is 2. The minimum atomic E-state index is -4.13. The van der Waals surface area contributed by atoms with E-state index in [-0.39, 0.29) is 29.7 Å². The summed E-state index contributed by atoms with van der Waals surface area (Å²) in [7, 11) is -4.13. The second kappa shape index (κ2) is 15.0. The van der Waals surface area contributed by atoms with E-state index >= 15 is 0 Å². The molecule has 4 aromatic carbocycles. The van der Waals surface area contributed by atoms with Gasteiger partial charge in [0.25, 0.3) is 10.0 Å². The number of benzene rings is 4. The van der Waals surface area contributed by atoms with Gasteiger partial charge in [0.15, 0.2) is 0 Å². The van der Waals surface area contributed by atoms with Crippen molar-refractivity contribution in [3.63, 3.8) is 0 Å². The van der Waals surface area contributed by atoms with E-state index in [0.29, 0.717) is 12.2 Å². The summed E-state index contributed by atoms with van der Waals surface area (Å²) < 4.78 is 29.4. The monoisotopic (exact) mass is 625 g/mol. The van der Waals surface area contributed by atoms with Crippen molar-refractivity contribution in [1.29, 1.82) is 0 Å². The summed E-state index contributed by atoms with van der Waals surface area (Å²) >= 11 is 0. The van der Waals surface area contributed by atoms with Gasteiger partial charge in [-0.1, -0.05) is 109 Å². The second-order valence-corrected chi connectivity index (χ2v) is 13.9. The molecule has 0 bridgehead atoms. The van der Waals surface area contributed by atoms with Crippen LogP contribution in [0.4, 0.5) is 5.69 Å². The quantitative estimate of drug-likeness (QED) is 0.191. The molecule has 8 heteroatoms. The Morgan fingerprint density at radius 1 is 0.711 bits per heavy atom. The van der Waals surface area contributed by atoms with E-state index in [1.165, 1.54) is 4.90 Å². The minimum Gasteiger partial charge on any atom is -0.354 e. The lowest BCUT2D eigenvalue weighted by Crippen LogP contribution is -2.53. The molecular formula is C37H43N3O4S. The van der Waals surface area contributed by atoms with Crippen LogP contribution >= 0.6 is 0 Å². The molecule has 1 unspecified atom stereocenters. The van der Waals surface area contributed by atoms with Gasteiger partial charge >= 0.3 is 0 Å². The summed E-state index contributed by atoms with van der Waals surface area (Å²) in [5, 5.41) is 3.02. The molecule has 7 nitrogen and oxygen atoms in total. The zero-order valence-electron chi connectivity index (χ0n) is 26.7. The molecule has 4 aromatic rings. The highest BCUT2D eigenvalue weighted by molar-refractivity contribution is 7.92. The molecule has 2 amide bonds. The van der Waals surface area contributed by atoms with E-state index in [4.69, 9.17) is 0 Å². The molecule has 45 heavy (non-hydrogen) atoms. The number of aryl methyl sites for hydroxylation is 3. The molecule has 0 saturated carbocycles. The molecule has 0 aliphatic rings. The molecule has 0 spiro atoms. The predicted octanol–water partition coefficient (Wildman–Crippen LogP) is 6.22. The maximum absolute atomic E-state index is 14.5. The van der Waals surface area contributed by atoms with Gasteiger partial charge in [0.05, 0.1) is 10.6 Å². The van der Waals surface area contributed by atoms with Gasteiger partial charge < -0.3 is 10.2 Å². The third-order valence-corrected chi connectivity index (χ3v) is 9.43. The predicted molar refractivity (Wildman–Crippen MR) is 180 cm³/mol. The van der Waals surface area contributed by atoms with Crippen LogP contribution in [0.2, 0.25) is 0 Å². The van der Waals surface area contributed by atoms with Crippen LogP contribution < -0.4 is 9.62 Å². The average molecular weight is 626 g/mol. The molecule has 0 heterocycles. The topological polar surface area (TPSA) is 86.8 Å². The maximum atomic E-state index is 14.5. The highest BCUT2D eigenvalue weighted by atomic mass is 32.2. The van der Waals surface area contributed by atoms with Gasteiger partial charge in [-0.3, -0.25) is 13.9 Å². The Balaban J connectivity index is 1.79. The number of anilines is 1. The fourth-order valence-corrected chi connectivity index (χ4v) is 6.36. The Kier molecular flexibility index (Phi) is 11.2. The summed E-state index contributed by atoms with van der Waals surface area (Å²) in [5.74, 6) is -0.548. The number of rotatable bonds is 13. The first-order valence-electron chi connectivity index (χ1n) is 15.3. The first kappa shape index (κ1) is 33.5. The molecule has 0 radical (unpaired) electrons. The molecule has 1 atom stereocenters. The van der Waals surface area contributed by atoms with E-state index in [2.05, 4.69) is 5.32 Å². The lowest BCUT2D eigenvalue weighted by Gasteiger charge is -2.34. The van der Waals surface area contributed by atoms with Crippen molar-refractivity contribution >= 4 is 27.5 Å². The molecule has 0 aliphatic heterocycles. The van der Waals surface area contributed by atoms with Crippen LogP contribution in [-0.2, 0) is 32.6 Å². The number of carbonyl (C=O) groups is 2. The first-order chi connectivity index (χ1) is 21.4. The highest BCUT2D eigenvalue weighted by Gasteiger charge is 2.34. The van der Waals surface area contributed by atoms with Crippen LogP contribution in [0.3, 0.4) is 0 Å². The summed E-state index contributed by atoms with van der Waals surface area (Å²) in [5.41, 5.74) is 5.06. The number of amides is 2. The molecule has 0 aromatic heterocycles. The summed E-state index contributed by atoms with van der Waals surface area (Å²) in [6.07, 6.45) is 0.275. The number of hydrogen-bond acceptors (Lipinski definition) is 4. The van der Waals surface area contributed by atoms with Crippen molar-refractivity contribution in [1.82, 2.24) is 10.2 Å². The van der Waals surface area contributed by atoms with E-state index in [1.54, 1.807) is 36.4 Å². The molecule has 1 N–H and O–H groups in total. The second-order valence-electron chi connectivity index (χ2n) is 12.0. The van der Waals surface area contributed by atoms with Gasteiger partial charge in [0, 0.05) is 19.5 Å². The Morgan fingerprint density at radius 3 is 1.80 bits per heavy atom. The third-order valence-electron chi connectivity index (χ3n) is 7.64. The van der Waals surface area contributed by atoms with Gasteiger partial charge in [0.2, 0.25) is 11.8 Å². The van der Waals surface area contributed by atoms with Crippen LogP contribution in [-0.4, -0.2) is 44.3 Å². The smallest absolute Gasteiger partial charge is 0.264 e. The standard InChI is InChI=1S/C37H43N3O4S/c1-27(2)24-38-37(42)35(23-31-9-7-6-8-10-31)39(25-32-17-11-28(3)12-18-32)36(41)26-40(33-19-13-29(4)14-20-33)45(43,44)34-21-15-30(5)16-22-34/h6-22,27,35H,23-26H2,1-5H3,(H,38,42). The summed E-state index contributed by atoms with van der Waals surface area (Å²) in [6, 6.07) is 30.1. The van der Waals surface area contributed by atoms with Crippen molar-refractivity contribution in [3.05, 3.63) is 131 Å².